The number of alkyl halides is 1. The molecule has 2 aromatic carbocycles. The van der Waals surface area contributed by atoms with Gasteiger partial charge in [0, 0.05) is 9.58 Å². The van der Waals surface area contributed by atoms with Crippen LogP contribution >= 0.6 is 22.9 Å². The number of hydrogen-bond donors (Lipinski definition) is 0. The molecule has 3 rings (SSSR count). The number of hydrogen-bond acceptors (Lipinski definition) is 1. The van der Waals surface area contributed by atoms with Crippen LogP contribution in [0.4, 0.5) is 0 Å². The first-order chi connectivity index (χ1) is 8.36. The lowest BCUT2D eigenvalue weighted by molar-refractivity contribution is 1.54. The third-order valence-corrected chi connectivity index (χ3v) is 4.35. The van der Waals surface area contributed by atoms with Gasteiger partial charge in [-0.2, -0.15) is 0 Å². The van der Waals surface area contributed by atoms with Crippen LogP contribution in [-0.2, 0) is 5.88 Å². The van der Waals surface area contributed by atoms with E-state index in [2.05, 4.69) is 48.5 Å². The molecule has 0 spiro atoms. The number of rotatable bonds is 2. The minimum absolute atomic E-state index is 0.597. The maximum Gasteiger partial charge on any atom is 0.0568 e. The highest BCUT2D eigenvalue weighted by Crippen LogP contribution is 2.31. The average Bonchev–Trinajstić information content (AvgIpc) is 2.81. The summed E-state index contributed by atoms with van der Waals surface area (Å²) < 4.78 is 1.31. The van der Waals surface area contributed by atoms with E-state index in [4.69, 9.17) is 11.6 Å². The van der Waals surface area contributed by atoms with Crippen molar-refractivity contribution in [2.75, 3.05) is 0 Å². The Labute approximate surface area is 109 Å². The van der Waals surface area contributed by atoms with Crippen molar-refractivity contribution in [3.63, 3.8) is 0 Å². The molecule has 0 aliphatic carbocycles. The molecule has 0 atom stereocenters. The van der Waals surface area contributed by atoms with Crippen LogP contribution in [0, 0.1) is 0 Å². The zero-order chi connectivity index (χ0) is 11.7. The van der Waals surface area contributed by atoms with E-state index in [1.165, 1.54) is 26.1 Å². The highest BCUT2D eigenvalue weighted by Gasteiger charge is 2.03. The zero-order valence-electron chi connectivity index (χ0n) is 9.19. The monoisotopic (exact) mass is 258 g/mol. The highest BCUT2D eigenvalue weighted by atomic mass is 35.5. The number of fused-ring (bicyclic) bond motifs is 1. The first-order valence-corrected chi connectivity index (χ1v) is 6.86. The van der Waals surface area contributed by atoms with Gasteiger partial charge in [0.1, 0.15) is 0 Å². The van der Waals surface area contributed by atoms with Crippen molar-refractivity contribution < 1.29 is 0 Å². The van der Waals surface area contributed by atoms with Gasteiger partial charge in [0.2, 0.25) is 0 Å². The molecule has 0 fully saturated rings. The summed E-state index contributed by atoms with van der Waals surface area (Å²) in [5.41, 5.74) is 2.52. The van der Waals surface area contributed by atoms with Crippen molar-refractivity contribution in [3.8, 4) is 11.1 Å². The summed E-state index contributed by atoms with van der Waals surface area (Å²) in [6.45, 7) is 0. The second-order valence-corrected chi connectivity index (χ2v) is 5.40. The smallest absolute Gasteiger partial charge is 0.0568 e. The SMILES string of the molecule is ClCc1cc2ccc(-c3ccccc3)cc2s1. The molecule has 0 aliphatic heterocycles. The third-order valence-electron chi connectivity index (χ3n) is 2.81. The quantitative estimate of drug-likeness (QED) is 0.547. The van der Waals surface area contributed by atoms with Gasteiger partial charge in [0.25, 0.3) is 0 Å². The largest absolute Gasteiger partial charge is 0.139 e. The summed E-state index contributed by atoms with van der Waals surface area (Å²) >= 11 is 7.64. The van der Waals surface area contributed by atoms with Crippen LogP contribution in [0.25, 0.3) is 21.2 Å². The molecule has 84 valence electrons. The minimum Gasteiger partial charge on any atom is -0.139 e. The molecule has 1 heterocycles. The molecule has 0 unspecified atom stereocenters. The van der Waals surface area contributed by atoms with E-state index in [1.807, 2.05) is 6.07 Å². The van der Waals surface area contributed by atoms with Crippen molar-refractivity contribution in [1.82, 2.24) is 0 Å². The lowest BCUT2D eigenvalue weighted by atomic mass is 10.1. The Bertz CT molecular complexity index is 640. The molecule has 0 saturated heterocycles. The molecule has 1 aromatic heterocycles. The predicted molar refractivity (Wildman–Crippen MR) is 76.8 cm³/mol. The molecular formula is C15H11ClS. The topological polar surface area (TPSA) is 0 Å². The summed E-state index contributed by atoms with van der Waals surface area (Å²) in [5.74, 6) is 0.597. The Morgan fingerprint density at radius 3 is 2.47 bits per heavy atom. The van der Waals surface area contributed by atoms with Crippen LogP contribution in [0.1, 0.15) is 4.88 Å². The van der Waals surface area contributed by atoms with Gasteiger partial charge in [-0.3, -0.25) is 0 Å². The molecule has 2 heteroatoms. The van der Waals surface area contributed by atoms with E-state index in [1.54, 1.807) is 11.3 Å². The van der Waals surface area contributed by atoms with Crippen LogP contribution in [0.5, 0.6) is 0 Å². The van der Waals surface area contributed by atoms with E-state index >= 15 is 0 Å². The Kier molecular flexibility index (Phi) is 2.87. The Balaban J connectivity index is 2.13. The fourth-order valence-electron chi connectivity index (χ4n) is 1.96. The van der Waals surface area contributed by atoms with Gasteiger partial charge < -0.3 is 0 Å². The summed E-state index contributed by atoms with van der Waals surface area (Å²) in [6, 6.07) is 19.2. The van der Waals surface area contributed by atoms with E-state index in [-0.39, 0.29) is 0 Å². The maximum atomic E-state index is 5.87. The van der Waals surface area contributed by atoms with Crippen LogP contribution < -0.4 is 0 Å². The van der Waals surface area contributed by atoms with Crippen LogP contribution in [0.3, 0.4) is 0 Å². The van der Waals surface area contributed by atoms with Gasteiger partial charge in [-0.25, -0.2) is 0 Å². The second kappa shape index (κ2) is 4.52. The third kappa shape index (κ3) is 2.08. The van der Waals surface area contributed by atoms with Crippen LogP contribution in [0.2, 0.25) is 0 Å². The number of thiophene rings is 1. The lowest BCUT2D eigenvalue weighted by Gasteiger charge is -2.00. The predicted octanol–water partition coefficient (Wildman–Crippen LogP) is 5.31. The summed E-state index contributed by atoms with van der Waals surface area (Å²) in [7, 11) is 0. The molecule has 0 amide bonds. The summed E-state index contributed by atoms with van der Waals surface area (Å²) in [5, 5.41) is 1.28. The van der Waals surface area contributed by atoms with Crippen molar-refractivity contribution in [3.05, 3.63) is 59.5 Å². The van der Waals surface area contributed by atoms with Gasteiger partial charge in [-0.15, -0.1) is 22.9 Å². The Morgan fingerprint density at radius 2 is 1.71 bits per heavy atom. The number of benzene rings is 2. The minimum atomic E-state index is 0.597. The normalized spacial score (nSPS) is 10.9. The molecule has 0 bridgehead atoms. The van der Waals surface area contributed by atoms with Gasteiger partial charge in [-0.1, -0.05) is 42.5 Å². The molecule has 0 aliphatic rings. The average molecular weight is 259 g/mol. The van der Waals surface area contributed by atoms with Gasteiger partial charge in [0.05, 0.1) is 5.88 Å². The van der Waals surface area contributed by atoms with Gasteiger partial charge >= 0.3 is 0 Å². The van der Waals surface area contributed by atoms with Gasteiger partial charge in [0.15, 0.2) is 0 Å². The van der Waals surface area contributed by atoms with Crippen molar-refractivity contribution in [2.24, 2.45) is 0 Å². The molecular weight excluding hydrogens is 248 g/mol. The standard InChI is InChI=1S/C15H11ClS/c16-10-14-8-13-7-6-12(9-15(13)17-14)11-4-2-1-3-5-11/h1-9H,10H2. The van der Waals surface area contributed by atoms with Crippen molar-refractivity contribution >= 4 is 33.0 Å². The van der Waals surface area contributed by atoms with Crippen LogP contribution in [-0.4, -0.2) is 0 Å². The molecule has 0 nitrogen and oxygen atoms in total. The van der Waals surface area contributed by atoms with Crippen molar-refractivity contribution in [2.45, 2.75) is 5.88 Å². The second-order valence-electron chi connectivity index (χ2n) is 3.96. The molecule has 0 radical (unpaired) electrons. The molecule has 3 aromatic rings. The van der Waals surface area contributed by atoms with Crippen molar-refractivity contribution in [1.29, 1.82) is 0 Å². The lowest BCUT2D eigenvalue weighted by Crippen LogP contribution is -1.75. The fraction of sp³-hybridized carbons (Fsp3) is 0.0667. The Hall–Kier alpha value is -1.31. The maximum absolute atomic E-state index is 5.87. The fourth-order valence-corrected chi connectivity index (χ4v) is 3.16. The molecule has 0 N–H and O–H groups in total. The van der Waals surface area contributed by atoms with Gasteiger partial charge in [-0.05, 0) is 28.6 Å². The summed E-state index contributed by atoms with van der Waals surface area (Å²) in [4.78, 5) is 1.23. The Morgan fingerprint density at radius 1 is 0.882 bits per heavy atom. The molecule has 17 heavy (non-hydrogen) atoms. The van der Waals surface area contributed by atoms with Crippen LogP contribution in [0.15, 0.2) is 54.6 Å². The van der Waals surface area contributed by atoms with E-state index in [9.17, 15) is 0 Å². The number of halogens is 1. The van der Waals surface area contributed by atoms with E-state index in [0.29, 0.717) is 5.88 Å². The first-order valence-electron chi connectivity index (χ1n) is 5.51. The first kappa shape index (κ1) is 10.8. The van der Waals surface area contributed by atoms with E-state index in [0.717, 1.165) is 0 Å². The zero-order valence-corrected chi connectivity index (χ0v) is 10.8. The summed E-state index contributed by atoms with van der Waals surface area (Å²) in [6.07, 6.45) is 0. The highest BCUT2D eigenvalue weighted by molar-refractivity contribution is 7.19. The van der Waals surface area contributed by atoms with E-state index < -0.39 is 0 Å². The molecule has 0 saturated carbocycles.